The molecule has 7 heteroatoms. The van der Waals surface area contributed by atoms with Crippen LogP contribution in [0.2, 0.25) is 0 Å². The first-order chi connectivity index (χ1) is 12.8. The van der Waals surface area contributed by atoms with Gasteiger partial charge in [-0.1, -0.05) is 18.2 Å². The summed E-state index contributed by atoms with van der Waals surface area (Å²) in [6.07, 6.45) is 8.01. The standard InChI is InChI=1S/C19H22N6O/c26-19(18-16-5-1-2-6-17(16)23-24-18)25(12-14-10-21-13-22-11-14)15-4-3-8-20-9-7-15/h1-2,5-6,10-11,13,15,20H,3-4,7-9,12H2,(H,23,24). The van der Waals surface area contributed by atoms with E-state index in [4.69, 9.17) is 0 Å². The number of hydrogen-bond donors (Lipinski definition) is 2. The Morgan fingerprint density at radius 3 is 2.88 bits per heavy atom. The van der Waals surface area contributed by atoms with Crippen LogP contribution in [0.3, 0.4) is 0 Å². The summed E-state index contributed by atoms with van der Waals surface area (Å²) in [5, 5.41) is 11.6. The molecule has 1 saturated heterocycles. The van der Waals surface area contributed by atoms with Crippen LogP contribution in [-0.4, -0.2) is 50.1 Å². The van der Waals surface area contributed by atoms with Gasteiger partial charge in [0.15, 0.2) is 5.69 Å². The van der Waals surface area contributed by atoms with Crippen molar-refractivity contribution in [2.75, 3.05) is 13.1 Å². The normalized spacial score (nSPS) is 17.8. The van der Waals surface area contributed by atoms with E-state index in [0.29, 0.717) is 12.2 Å². The fourth-order valence-corrected chi connectivity index (χ4v) is 3.55. The molecular weight excluding hydrogens is 328 g/mol. The molecular formula is C19H22N6O. The Balaban J connectivity index is 1.67. The molecule has 0 spiro atoms. The van der Waals surface area contributed by atoms with Crippen molar-refractivity contribution in [2.45, 2.75) is 31.8 Å². The zero-order valence-corrected chi connectivity index (χ0v) is 14.6. The second kappa shape index (κ2) is 7.61. The van der Waals surface area contributed by atoms with Gasteiger partial charge in [-0.3, -0.25) is 9.89 Å². The molecule has 3 heterocycles. The SMILES string of the molecule is O=C(c1n[nH]c2ccccc12)N(Cc1cncnc1)C1CCCNCC1. The van der Waals surface area contributed by atoms with Crippen molar-refractivity contribution in [3.8, 4) is 0 Å². The number of carbonyl (C=O) groups is 1. The van der Waals surface area contributed by atoms with Crippen molar-refractivity contribution in [1.29, 1.82) is 0 Å². The Hall–Kier alpha value is -2.80. The molecule has 1 aliphatic rings. The van der Waals surface area contributed by atoms with Gasteiger partial charge >= 0.3 is 0 Å². The van der Waals surface area contributed by atoms with E-state index in [2.05, 4.69) is 25.5 Å². The molecule has 1 aromatic carbocycles. The maximum atomic E-state index is 13.4. The lowest BCUT2D eigenvalue weighted by Gasteiger charge is -2.30. The summed E-state index contributed by atoms with van der Waals surface area (Å²) in [6, 6.07) is 7.91. The largest absolute Gasteiger partial charge is 0.330 e. The van der Waals surface area contributed by atoms with Crippen LogP contribution in [-0.2, 0) is 6.54 Å². The van der Waals surface area contributed by atoms with Crippen molar-refractivity contribution >= 4 is 16.8 Å². The lowest BCUT2D eigenvalue weighted by Crippen LogP contribution is -2.40. The average Bonchev–Trinajstić information content (AvgIpc) is 2.93. The van der Waals surface area contributed by atoms with E-state index in [1.807, 2.05) is 29.2 Å². The number of amides is 1. The van der Waals surface area contributed by atoms with Gasteiger partial charge in [-0.25, -0.2) is 9.97 Å². The van der Waals surface area contributed by atoms with Crippen LogP contribution in [0.5, 0.6) is 0 Å². The van der Waals surface area contributed by atoms with Crippen molar-refractivity contribution < 1.29 is 4.79 Å². The van der Waals surface area contributed by atoms with Gasteiger partial charge in [0.05, 0.1) is 5.52 Å². The highest BCUT2D eigenvalue weighted by Crippen LogP contribution is 2.22. The lowest BCUT2D eigenvalue weighted by atomic mass is 10.1. The van der Waals surface area contributed by atoms with E-state index < -0.39 is 0 Å². The van der Waals surface area contributed by atoms with E-state index >= 15 is 0 Å². The van der Waals surface area contributed by atoms with Crippen LogP contribution >= 0.6 is 0 Å². The molecule has 0 bridgehead atoms. The van der Waals surface area contributed by atoms with Gasteiger partial charge in [0.25, 0.3) is 5.91 Å². The Labute approximate surface area is 151 Å². The van der Waals surface area contributed by atoms with Gasteiger partial charge in [-0.2, -0.15) is 5.10 Å². The molecule has 0 radical (unpaired) electrons. The van der Waals surface area contributed by atoms with Crippen LogP contribution in [0.15, 0.2) is 43.0 Å². The number of para-hydroxylation sites is 1. The quantitative estimate of drug-likeness (QED) is 0.753. The van der Waals surface area contributed by atoms with Crippen LogP contribution in [0.4, 0.5) is 0 Å². The van der Waals surface area contributed by atoms with Gasteiger partial charge in [0.2, 0.25) is 0 Å². The number of nitrogens with zero attached hydrogens (tertiary/aromatic N) is 4. The Morgan fingerprint density at radius 2 is 2.00 bits per heavy atom. The molecule has 3 aromatic rings. The van der Waals surface area contributed by atoms with Crippen molar-refractivity contribution in [2.24, 2.45) is 0 Å². The fraction of sp³-hybridized carbons (Fsp3) is 0.368. The maximum Gasteiger partial charge on any atom is 0.275 e. The van der Waals surface area contributed by atoms with Crippen molar-refractivity contribution in [3.05, 3.63) is 54.2 Å². The third-order valence-electron chi connectivity index (χ3n) is 4.89. The molecule has 4 rings (SSSR count). The third-order valence-corrected chi connectivity index (χ3v) is 4.89. The zero-order valence-electron chi connectivity index (χ0n) is 14.6. The van der Waals surface area contributed by atoms with Crippen LogP contribution in [0, 0.1) is 0 Å². The first-order valence-electron chi connectivity index (χ1n) is 9.01. The second-order valence-corrected chi connectivity index (χ2v) is 6.63. The summed E-state index contributed by atoms with van der Waals surface area (Å²) in [5.74, 6) is -0.0433. The monoisotopic (exact) mass is 350 g/mol. The van der Waals surface area contributed by atoms with Gasteiger partial charge in [0, 0.05) is 35.9 Å². The molecule has 1 unspecified atom stereocenters. The van der Waals surface area contributed by atoms with E-state index in [0.717, 1.165) is 48.8 Å². The number of benzene rings is 1. The number of aromatic nitrogens is 4. The molecule has 7 nitrogen and oxygen atoms in total. The van der Waals surface area contributed by atoms with E-state index in [9.17, 15) is 4.79 Å². The molecule has 0 saturated carbocycles. The van der Waals surface area contributed by atoms with Crippen molar-refractivity contribution in [3.63, 3.8) is 0 Å². The van der Waals surface area contributed by atoms with Crippen LogP contribution in [0.1, 0.15) is 35.3 Å². The van der Waals surface area contributed by atoms with E-state index in [-0.39, 0.29) is 11.9 Å². The van der Waals surface area contributed by atoms with E-state index in [1.165, 1.54) is 6.33 Å². The Morgan fingerprint density at radius 1 is 1.15 bits per heavy atom. The van der Waals surface area contributed by atoms with Gasteiger partial charge < -0.3 is 10.2 Å². The minimum absolute atomic E-state index is 0.0433. The minimum atomic E-state index is -0.0433. The highest BCUT2D eigenvalue weighted by atomic mass is 16.2. The molecule has 1 atom stereocenters. The first-order valence-corrected chi connectivity index (χ1v) is 9.01. The zero-order chi connectivity index (χ0) is 17.8. The Kier molecular flexibility index (Phi) is 4.88. The number of carbonyl (C=O) groups excluding carboxylic acids is 1. The number of H-pyrrole nitrogens is 1. The summed E-state index contributed by atoms with van der Waals surface area (Å²) < 4.78 is 0. The van der Waals surface area contributed by atoms with Gasteiger partial charge in [-0.15, -0.1) is 0 Å². The topological polar surface area (TPSA) is 86.8 Å². The van der Waals surface area contributed by atoms with Crippen LogP contribution in [0.25, 0.3) is 10.9 Å². The molecule has 134 valence electrons. The smallest absolute Gasteiger partial charge is 0.275 e. The van der Waals surface area contributed by atoms with E-state index in [1.54, 1.807) is 12.4 Å². The lowest BCUT2D eigenvalue weighted by molar-refractivity contribution is 0.0640. The average molecular weight is 350 g/mol. The number of aromatic amines is 1. The molecule has 0 aliphatic carbocycles. The van der Waals surface area contributed by atoms with Gasteiger partial charge in [-0.05, 0) is 38.4 Å². The molecule has 1 fully saturated rings. The summed E-state index contributed by atoms with van der Waals surface area (Å²) in [4.78, 5) is 23.5. The highest BCUT2D eigenvalue weighted by molar-refractivity contribution is 6.04. The summed E-state index contributed by atoms with van der Waals surface area (Å²) in [7, 11) is 0. The number of hydrogen-bond acceptors (Lipinski definition) is 5. The number of fused-ring (bicyclic) bond motifs is 1. The number of nitrogens with one attached hydrogen (secondary N) is 2. The Bertz CT molecular complexity index is 870. The molecule has 1 amide bonds. The predicted molar refractivity (Wildman–Crippen MR) is 98.5 cm³/mol. The fourth-order valence-electron chi connectivity index (χ4n) is 3.55. The summed E-state index contributed by atoms with van der Waals surface area (Å²) in [6.45, 7) is 2.41. The summed E-state index contributed by atoms with van der Waals surface area (Å²) in [5.41, 5.74) is 2.29. The van der Waals surface area contributed by atoms with Gasteiger partial charge in [0.1, 0.15) is 6.33 Å². The minimum Gasteiger partial charge on any atom is -0.330 e. The first kappa shape index (κ1) is 16.7. The molecule has 2 aromatic heterocycles. The second-order valence-electron chi connectivity index (χ2n) is 6.63. The predicted octanol–water partition coefficient (Wildman–Crippen LogP) is 2.14. The highest BCUT2D eigenvalue weighted by Gasteiger charge is 2.28. The molecule has 26 heavy (non-hydrogen) atoms. The molecule has 1 aliphatic heterocycles. The van der Waals surface area contributed by atoms with Crippen LogP contribution < -0.4 is 5.32 Å². The number of rotatable bonds is 4. The molecule has 2 N–H and O–H groups in total. The summed E-state index contributed by atoms with van der Waals surface area (Å²) >= 11 is 0. The van der Waals surface area contributed by atoms with Crippen molar-refractivity contribution in [1.82, 2.24) is 30.4 Å². The maximum absolute atomic E-state index is 13.4. The third kappa shape index (κ3) is 3.43.